The summed E-state index contributed by atoms with van der Waals surface area (Å²) in [5, 5.41) is 2.99. The van der Waals surface area contributed by atoms with E-state index in [-0.39, 0.29) is 25.5 Å². The van der Waals surface area contributed by atoms with Gasteiger partial charge in [-0.15, -0.1) is 0 Å². The lowest BCUT2D eigenvalue weighted by Crippen LogP contribution is -2.55. The second-order valence-corrected chi connectivity index (χ2v) is 9.66. The Hall–Kier alpha value is -3.67. The van der Waals surface area contributed by atoms with Gasteiger partial charge in [0.05, 0.1) is 0 Å². The molecule has 0 aliphatic heterocycles. The maximum absolute atomic E-state index is 14.6. The van der Waals surface area contributed by atoms with Crippen LogP contribution in [0.15, 0.2) is 78.9 Å². The van der Waals surface area contributed by atoms with E-state index in [2.05, 4.69) is 5.32 Å². The number of carbonyl (C=O) groups is 2. The molecule has 5 nitrogen and oxygen atoms in total. The van der Waals surface area contributed by atoms with Gasteiger partial charge in [-0.25, -0.2) is 4.39 Å². The van der Waals surface area contributed by atoms with Crippen molar-refractivity contribution in [3.05, 3.63) is 101 Å². The number of aryl methyl sites for hydroxylation is 1. The smallest absolute Gasteiger partial charge is 0.261 e. The largest absolute Gasteiger partial charge is 0.484 e. The highest BCUT2D eigenvalue weighted by Gasteiger charge is 2.32. The Bertz CT molecular complexity index is 1140. The number of hydrogen-bond acceptors (Lipinski definition) is 3. The minimum Gasteiger partial charge on any atom is -0.484 e. The van der Waals surface area contributed by atoms with Gasteiger partial charge in [0.25, 0.3) is 5.91 Å². The lowest BCUT2D eigenvalue weighted by molar-refractivity contribution is -0.143. The van der Waals surface area contributed by atoms with Crippen LogP contribution in [0.3, 0.4) is 0 Å². The standard InChI is InChI=1S/C29H33FN2O3/c1-21-11-10-15-24(17-21)35-20-27(33)32(19-23-14-8-9-16-25(23)30)26(28(34)31-29(2,3)4)18-22-12-6-5-7-13-22/h5-17,26H,18-20H2,1-4H3,(H,31,34)/t26-/m0/s1. The van der Waals surface area contributed by atoms with Crippen molar-refractivity contribution < 1.29 is 18.7 Å². The Balaban J connectivity index is 1.94. The van der Waals surface area contributed by atoms with Crippen LogP contribution in [0.1, 0.15) is 37.5 Å². The summed E-state index contributed by atoms with van der Waals surface area (Å²) >= 11 is 0. The van der Waals surface area contributed by atoms with E-state index in [0.29, 0.717) is 11.3 Å². The van der Waals surface area contributed by atoms with E-state index in [0.717, 1.165) is 11.1 Å². The number of amides is 2. The van der Waals surface area contributed by atoms with Crippen molar-refractivity contribution in [1.82, 2.24) is 10.2 Å². The zero-order valence-corrected chi connectivity index (χ0v) is 20.8. The van der Waals surface area contributed by atoms with Crippen molar-refractivity contribution in [3.8, 4) is 5.75 Å². The second kappa shape index (κ2) is 11.6. The molecule has 3 rings (SSSR count). The molecule has 0 unspecified atom stereocenters. The zero-order valence-electron chi connectivity index (χ0n) is 20.8. The van der Waals surface area contributed by atoms with Gasteiger partial charge in [-0.2, -0.15) is 0 Å². The predicted octanol–water partition coefficient (Wildman–Crippen LogP) is 5.07. The molecule has 0 fully saturated rings. The van der Waals surface area contributed by atoms with Crippen LogP contribution >= 0.6 is 0 Å². The summed E-state index contributed by atoms with van der Waals surface area (Å²) in [6.07, 6.45) is 0.285. The number of benzene rings is 3. The summed E-state index contributed by atoms with van der Waals surface area (Å²) < 4.78 is 20.4. The minimum atomic E-state index is -0.857. The molecule has 6 heteroatoms. The molecular formula is C29H33FN2O3. The molecule has 1 N–H and O–H groups in total. The highest BCUT2D eigenvalue weighted by molar-refractivity contribution is 5.89. The third-order valence-electron chi connectivity index (χ3n) is 5.42. The molecule has 0 heterocycles. The average Bonchev–Trinajstić information content (AvgIpc) is 2.80. The van der Waals surface area contributed by atoms with E-state index in [9.17, 15) is 14.0 Å². The fourth-order valence-electron chi connectivity index (χ4n) is 3.75. The van der Waals surface area contributed by atoms with Gasteiger partial charge in [-0.1, -0.05) is 60.7 Å². The third-order valence-corrected chi connectivity index (χ3v) is 5.42. The first-order valence-corrected chi connectivity index (χ1v) is 11.7. The predicted molar refractivity (Wildman–Crippen MR) is 135 cm³/mol. The topological polar surface area (TPSA) is 58.6 Å². The van der Waals surface area contributed by atoms with Crippen LogP contribution in [0, 0.1) is 12.7 Å². The van der Waals surface area contributed by atoms with Crippen molar-refractivity contribution in [2.75, 3.05) is 6.61 Å². The normalized spacial score (nSPS) is 12.0. The van der Waals surface area contributed by atoms with Crippen LogP contribution in [0.4, 0.5) is 4.39 Å². The Morgan fingerprint density at radius 2 is 1.66 bits per heavy atom. The molecule has 35 heavy (non-hydrogen) atoms. The maximum Gasteiger partial charge on any atom is 0.261 e. The average molecular weight is 477 g/mol. The molecule has 0 aliphatic carbocycles. The van der Waals surface area contributed by atoms with Crippen molar-refractivity contribution in [1.29, 1.82) is 0 Å². The van der Waals surface area contributed by atoms with Crippen LogP contribution in [-0.2, 0) is 22.6 Å². The first kappa shape index (κ1) is 25.9. The molecule has 0 radical (unpaired) electrons. The monoisotopic (exact) mass is 476 g/mol. The molecule has 0 spiro atoms. The molecule has 0 saturated heterocycles. The Morgan fingerprint density at radius 1 is 0.971 bits per heavy atom. The van der Waals surface area contributed by atoms with Gasteiger partial charge < -0.3 is 15.0 Å². The highest BCUT2D eigenvalue weighted by atomic mass is 19.1. The van der Waals surface area contributed by atoms with Crippen molar-refractivity contribution in [3.63, 3.8) is 0 Å². The Kier molecular flexibility index (Phi) is 8.63. The maximum atomic E-state index is 14.6. The van der Waals surface area contributed by atoms with Crippen LogP contribution in [0.5, 0.6) is 5.75 Å². The summed E-state index contributed by atoms with van der Waals surface area (Å²) in [6.45, 7) is 7.26. The molecule has 0 saturated carbocycles. The second-order valence-electron chi connectivity index (χ2n) is 9.66. The Labute approximate surface area is 206 Å². The summed E-state index contributed by atoms with van der Waals surface area (Å²) in [4.78, 5) is 28.4. The molecule has 1 atom stereocenters. The van der Waals surface area contributed by atoms with Gasteiger partial charge in [-0.3, -0.25) is 9.59 Å². The van der Waals surface area contributed by atoms with Crippen molar-refractivity contribution in [2.24, 2.45) is 0 Å². The van der Waals surface area contributed by atoms with Gasteiger partial charge in [0, 0.05) is 24.1 Å². The zero-order chi connectivity index (χ0) is 25.4. The lowest BCUT2D eigenvalue weighted by Gasteiger charge is -2.33. The van der Waals surface area contributed by atoms with Crippen molar-refractivity contribution >= 4 is 11.8 Å². The van der Waals surface area contributed by atoms with Crippen LogP contribution in [0.25, 0.3) is 0 Å². The number of nitrogens with one attached hydrogen (secondary N) is 1. The molecule has 0 aliphatic rings. The number of carbonyl (C=O) groups excluding carboxylic acids is 2. The van der Waals surface area contributed by atoms with E-state index in [4.69, 9.17) is 4.74 Å². The van der Waals surface area contributed by atoms with Crippen LogP contribution in [-0.4, -0.2) is 34.9 Å². The van der Waals surface area contributed by atoms with Gasteiger partial charge in [0.15, 0.2) is 6.61 Å². The van der Waals surface area contributed by atoms with Gasteiger partial charge in [-0.05, 0) is 57.0 Å². The molecule has 3 aromatic rings. The third kappa shape index (κ3) is 7.95. The summed E-state index contributed by atoms with van der Waals surface area (Å²) in [6, 6.07) is 22.3. The molecule has 0 aromatic heterocycles. The number of ether oxygens (including phenoxy) is 1. The first-order chi connectivity index (χ1) is 16.6. The fourth-order valence-corrected chi connectivity index (χ4v) is 3.75. The SMILES string of the molecule is Cc1cccc(OCC(=O)N(Cc2ccccc2F)[C@@H](Cc2ccccc2)C(=O)NC(C)(C)C)c1. The lowest BCUT2D eigenvalue weighted by atomic mass is 10.0. The Morgan fingerprint density at radius 3 is 2.31 bits per heavy atom. The minimum absolute atomic E-state index is 0.0578. The quantitative estimate of drug-likeness (QED) is 0.469. The van der Waals surface area contributed by atoms with Crippen molar-refractivity contribution in [2.45, 2.75) is 52.2 Å². The molecule has 184 valence electrons. The number of rotatable bonds is 9. The number of hydrogen-bond donors (Lipinski definition) is 1. The molecular weight excluding hydrogens is 443 g/mol. The van der Waals surface area contributed by atoms with Crippen LogP contribution < -0.4 is 10.1 Å². The first-order valence-electron chi connectivity index (χ1n) is 11.7. The van der Waals surface area contributed by atoms with Gasteiger partial charge >= 0.3 is 0 Å². The summed E-state index contributed by atoms with van der Waals surface area (Å²) in [7, 11) is 0. The summed E-state index contributed by atoms with van der Waals surface area (Å²) in [5.41, 5.74) is 1.73. The summed E-state index contributed by atoms with van der Waals surface area (Å²) in [5.74, 6) is -0.580. The molecule has 3 aromatic carbocycles. The molecule has 2 amide bonds. The number of nitrogens with zero attached hydrogens (tertiary/aromatic N) is 1. The van der Waals surface area contributed by atoms with E-state index in [1.165, 1.54) is 11.0 Å². The van der Waals surface area contributed by atoms with E-state index in [1.807, 2.05) is 76.2 Å². The van der Waals surface area contributed by atoms with E-state index < -0.39 is 23.3 Å². The van der Waals surface area contributed by atoms with Gasteiger partial charge in [0.2, 0.25) is 5.91 Å². The molecule has 0 bridgehead atoms. The van der Waals surface area contributed by atoms with E-state index >= 15 is 0 Å². The highest BCUT2D eigenvalue weighted by Crippen LogP contribution is 2.19. The van der Waals surface area contributed by atoms with Crippen LogP contribution in [0.2, 0.25) is 0 Å². The van der Waals surface area contributed by atoms with E-state index in [1.54, 1.807) is 24.3 Å². The number of halogens is 1. The van der Waals surface area contributed by atoms with Gasteiger partial charge in [0.1, 0.15) is 17.6 Å². The fraction of sp³-hybridized carbons (Fsp3) is 0.310.